The Morgan fingerprint density at radius 1 is 1.06 bits per heavy atom. The number of nitrogens with zero attached hydrogens (tertiary/aromatic N) is 2. The lowest BCUT2D eigenvalue weighted by atomic mass is 9.91. The minimum atomic E-state index is -3.68. The molecule has 3 unspecified atom stereocenters. The third kappa shape index (κ3) is 10.5. The second-order valence-corrected chi connectivity index (χ2v) is 16.7. The summed E-state index contributed by atoms with van der Waals surface area (Å²) in [6.07, 6.45) is 3.63. The molecule has 2 heterocycles. The van der Waals surface area contributed by atoms with E-state index in [2.05, 4.69) is 10.0 Å². The Labute approximate surface area is 305 Å². The van der Waals surface area contributed by atoms with E-state index in [1.807, 2.05) is 27.7 Å². The predicted octanol–water partition coefficient (Wildman–Crippen LogP) is 4.84. The average Bonchev–Trinajstić information content (AvgIpc) is 3.93. The number of likely N-dealkylation sites (tertiary alicyclic amines) is 1. The van der Waals surface area contributed by atoms with Crippen LogP contribution in [0.5, 0.6) is 0 Å². The summed E-state index contributed by atoms with van der Waals surface area (Å²) >= 11 is 0. The first-order chi connectivity index (χ1) is 23.9. The number of amides is 4. The minimum absolute atomic E-state index is 0. The van der Waals surface area contributed by atoms with Crippen LogP contribution in [-0.4, -0.2) is 76.8 Å². The van der Waals surface area contributed by atoms with Crippen LogP contribution in [0.15, 0.2) is 42.5 Å². The molecule has 1 saturated heterocycles. The number of nitrogen functional groups attached to an aromatic ring is 1. The molecule has 4 aliphatic rings. The molecule has 52 heavy (non-hydrogen) atoms. The monoisotopic (exact) mass is 745 g/mol. The number of anilines is 1. The van der Waals surface area contributed by atoms with Crippen LogP contribution in [-0.2, 0) is 37.5 Å². The molecule has 6 rings (SSSR count). The second-order valence-electron chi connectivity index (χ2n) is 14.7. The molecular formula is C37H52FN5O8S. The van der Waals surface area contributed by atoms with Crippen LogP contribution in [0.25, 0.3) is 0 Å². The molecule has 0 radical (unpaired) electrons. The third-order valence-corrected chi connectivity index (χ3v) is 11.2. The SMILES string of the molecule is C.CCC1CC1(NC(=O)C1CCCN1C(=O)CC(C)(C)C)C(=O)NS(=O)(=O)C1CC1.Nc1ccc(C=O)cc1.O=C(O)N1Cc2cccc(F)c2C1. The number of fused-ring (bicyclic) bond motifs is 1. The molecule has 2 aliphatic heterocycles. The molecule has 2 aromatic rings. The number of aldehydes is 1. The van der Waals surface area contributed by atoms with E-state index in [-0.39, 0.29) is 42.9 Å². The highest BCUT2D eigenvalue weighted by molar-refractivity contribution is 7.91. The highest BCUT2D eigenvalue weighted by Crippen LogP contribution is 2.47. The molecule has 3 atom stereocenters. The van der Waals surface area contributed by atoms with Crippen molar-refractivity contribution in [2.24, 2.45) is 11.3 Å². The highest BCUT2D eigenvalue weighted by atomic mass is 32.2. The molecule has 286 valence electrons. The third-order valence-electron chi connectivity index (χ3n) is 9.37. The molecule has 13 nitrogen and oxygen atoms in total. The average molecular weight is 746 g/mol. The standard InChI is InChI=1S/C20H33N3O5S.C9H8FNO2.C7H7NO.CH4/c1-5-13-11-20(13,18(26)22-29(27,28)14-8-9-14)21-17(25)15-7-6-10-23(15)16(24)12-19(2,3)4;10-8-3-1-2-6-4-11(9(12)13)5-7(6)8;8-7-3-1-6(5-9)2-4-7;/h13-15H,5-12H2,1-4H3,(H,21,25)(H,22,26);1-3H,4-5H2,(H,12,13);1-5H,8H2;1H4. The number of hydrogen-bond donors (Lipinski definition) is 4. The maximum atomic E-state index is 13.1. The number of carboxylic acid groups (broad SMARTS) is 1. The summed E-state index contributed by atoms with van der Waals surface area (Å²) in [7, 11) is -3.68. The Hall–Kier alpha value is -4.53. The normalized spacial score (nSPS) is 21.6. The number of nitrogens with two attached hydrogens (primary N) is 1. The van der Waals surface area contributed by atoms with Gasteiger partial charge in [-0.25, -0.2) is 17.6 Å². The van der Waals surface area contributed by atoms with Crippen LogP contribution in [0, 0.1) is 17.2 Å². The summed E-state index contributed by atoms with van der Waals surface area (Å²) in [6.45, 7) is 8.83. The number of benzene rings is 2. The van der Waals surface area contributed by atoms with Gasteiger partial charge in [-0.3, -0.25) is 28.8 Å². The number of halogens is 1. The van der Waals surface area contributed by atoms with E-state index in [4.69, 9.17) is 10.8 Å². The summed E-state index contributed by atoms with van der Waals surface area (Å²) < 4.78 is 39.7. The van der Waals surface area contributed by atoms with Gasteiger partial charge in [0.2, 0.25) is 21.8 Å². The van der Waals surface area contributed by atoms with Crippen LogP contribution in [0.2, 0.25) is 0 Å². The molecule has 2 saturated carbocycles. The molecule has 0 aromatic heterocycles. The molecule has 2 aliphatic carbocycles. The Balaban J connectivity index is 0.000000259. The van der Waals surface area contributed by atoms with Crippen LogP contribution in [0.3, 0.4) is 0 Å². The van der Waals surface area contributed by atoms with E-state index in [1.54, 1.807) is 41.3 Å². The largest absolute Gasteiger partial charge is 0.465 e. The Kier molecular flexibility index (Phi) is 13.6. The fourth-order valence-corrected chi connectivity index (χ4v) is 7.64. The smallest absolute Gasteiger partial charge is 0.407 e. The first-order valence-corrected chi connectivity index (χ1v) is 18.7. The summed E-state index contributed by atoms with van der Waals surface area (Å²) in [5.74, 6) is -1.48. The van der Waals surface area contributed by atoms with Crippen molar-refractivity contribution < 1.29 is 41.9 Å². The first-order valence-electron chi connectivity index (χ1n) is 17.1. The Morgan fingerprint density at radius 3 is 2.23 bits per heavy atom. The van der Waals surface area contributed by atoms with Crippen molar-refractivity contribution in [1.29, 1.82) is 0 Å². The van der Waals surface area contributed by atoms with Crippen LogP contribution >= 0.6 is 0 Å². The highest BCUT2D eigenvalue weighted by Gasteiger charge is 2.61. The number of sulfonamides is 1. The second kappa shape index (κ2) is 16.9. The molecule has 15 heteroatoms. The topological polar surface area (TPSA) is 196 Å². The number of nitrogens with one attached hydrogen (secondary N) is 2. The van der Waals surface area contributed by atoms with Gasteiger partial charge in [-0.05, 0) is 79.3 Å². The first kappa shape index (κ1) is 41.9. The maximum Gasteiger partial charge on any atom is 0.407 e. The van der Waals surface area contributed by atoms with Crippen LogP contribution < -0.4 is 15.8 Å². The lowest BCUT2D eigenvalue weighted by molar-refractivity contribution is -0.141. The van der Waals surface area contributed by atoms with Gasteiger partial charge in [0.25, 0.3) is 5.91 Å². The van der Waals surface area contributed by atoms with E-state index in [9.17, 15) is 36.8 Å². The molecule has 3 fully saturated rings. The van der Waals surface area contributed by atoms with Crippen LogP contribution in [0.1, 0.15) is 102 Å². The molecular weight excluding hydrogens is 693 g/mol. The number of rotatable bonds is 8. The lowest BCUT2D eigenvalue weighted by Crippen LogP contribution is -2.56. The minimum Gasteiger partial charge on any atom is -0.465 e. The predicted molar refractivity (Wildman–Crippen MR) is 195 cm³/mol. The molecule has 0 spiro atoms. The van der Waals surface area contributed by atoms with Gasteiger partial charge < -0.3 is 21.1 Å². The zero-order chi connectivity index (χ0) is 37.7. The van der Waals surface area contributed by atoms with Crippen molar-refractivity contribution >= 4 is 45.8 Å². The van der Waals surface area contributed by atoms with Gasteiger partial charge in [-0.1, -0.05) is 53.7 Å². The number of hydrogen-bond acceptors (Lipinski definition) is 8. The van der Waals surface area contributed by atoms with Crippen molar-refractivity contribution in [1.82, 2.24) is 19.8 Å². The van der Waals surface area contributed by atoms with Gasteiger partial charge >= 0.3 is 6.09 Å². The lowest BCUT2D eigenvalue weighted by Gasteiger charge is -2.29. The van der Waals surface area contributed by atoms with Gasteiger partial charge in [0.05, 0.1) is 11.8 Å². The van der Waals surface area contributed by atoms with Gasteiger partial charge in [-0.15, -0.1) is 0 Å². The van der Waals surface area contributed by atoms with E-state index < -0.39 is 38.9 Å². The van der Waals surface area contributed by atoms with Crippen molar-refractivity contribution in [3.8, 4) is 0 Å². The quantitative estimate of drug-likeness (QED) is 0.216. The summed E-state index contributed by atoms with van der Waals surface area (Å²) in [4.78, 5) is 62.0. The van der Waals surface area contributed by atoms with Gasteiger partial charge in [0, 0.05) is 36.3 Å². The summed E-state index contributed by atoms with van der Waals surface area (Å²) in [5.41, 5.74) is 6.61. The van der Waals surface area contributed by atoms with Crippen LogP contribution in [0.4, 0.5) is 14.9 Å². The van der Waals surface area contributed by atoms with Gasteiger partial charge in [0.15, 0.2) is 0 Å². The fraction of sp³-hybridized carbons (Fsp3) is 0.541. The van der Waals surface area contributed by atoms with E-state index >= 15 is 0 Å². The van der Waals surface area contributed by atoms with Crippen molar-refractivity contribution in [3.63, 3.8) is 0 Å². The van der Waals surface area contributed by atoms with E-state index in [1.165, 1.54) is 11.0 Å². The van der Waals surface area contributed by atoms with Crippen molar-refractivity contribution in [3.05, 3.63) is 65.0 Å². The summed E-state index contributed by atoms with van der Waals surface area (Å²) in [5, 5.41) is 11.0. The summed E-state index contributed by atoms with van der Waals surface area (Å²) in [6, 6.07) is 10.9. The maximum absolute atomic E-state index is 13.1. The molecule has 2 aromatic carbocycles. The van der Waals surface area contributed by atoms with Crippen molar-refractivity contribution in [2.45, 2.75) is 110 Å². The molecule has 0 bridgehead atoms. The number of carbonyl (C=O) groups is 5. The van der Waals surface area contributed by atoms with Gasteiger partial charge in [0.1, 0.15) is 23.7 Å². The molecule has 5 N–H and O–H groups in total. The van der Waals surface area contributed by atoms with E-state index in [0.29, 0.717) is 68.4 Å². The van der Waals surface area contributed by atoms with Gasteiger partial charge in [-0.2, -0.15) is 0 Å². The Bertz CT molecular complexity index is 1740. The zero-order valence-corrected chi connectivity index (χ0v) is 30.3. The van der Waals surface area contributed by atoms with E-state index in [0.717, 1.165) is 18.3 Å². The molecule has 4 amide bonds. The zero-order valence-electron chi connectivity index (χ0n) is 29.5. The number of carbonyl (C=O) groups excluding carboxylic acids is 4. The fourth-order valence-electron chi connectivity index (χ4n) is 6.28. The van der Waals surface area contributed by atoms with Crippen molar-refractivity contribution in [2.75, 3.05) is 12.3 Å². The Morgan fingerprint density at radius 2 is 1.71 bits per heavy atom.